The van der Waals surface area contributed by atoms with E-state index in [0.29, 0.717) is 0 Å². The van der Waals surface area contributed by atoms with Crippen molar-refractivity contribution in [3.05, 3.63) is 12.7 Å². The lowest BCUT2D eigenvalue weighted by molar-refractivity contribution is 0.122. The van der Waals surface area contributed by atoms with Crippen LogP contribution in [0.4, 0.5) is 0 Å². The second-order valence-corrected chi connectivity index (χ2v) is 4.88. The van der Waals surface area contributed by atoms with Crippen molar-refractivity contribution in [1.82, 2.24) is 10.2 Å². The molecule has 0 saturated carbocycles. The smallest absolute Gasteiger partial charge is 0.0249 e. The average Bonchev–Trinajstić information content (AvgIpc) is 2.80. The predicted octanol–water partition coefficient (Wildman–Crippen LogP) is 2.17. The van der Waals surface area contributed by atoms with Crippen molar-refractivity contribution in [2.45, 2.75) is 50.6 Å². The van der Waals surface area contributed by atoms with Crippen LogP contribution in [0.1, 0.15) is 38.5 Å². The summed E-state index contributed by atoms with van der Waals surface area (Å²) in [5.41, 5.74) is 0. The zero-order valence-corrected chi connectivity index (χ0v) is 9.75. The van der Waals surface area contributed by atoms with E-state index in [1.54, 1.807) is 0 Å². The van der Waals surface area contributed by atoms with Crippen LogP contribution < -0.4 is 5.32 Å². The van der Waals surface area contributed by atoms with Crippen LogP contribution in [-0.4, -0.2) is 36.6 Å². The molecule has 0 aromatic carbocycles. The molecule has 0 radical (unpaired) electrons. The van der Waals surface area contributed by atoms with Crippen LogP contribution in [0.25, 0.3) is 0 Å². The van der Waals surface area contributed by atoms with Gasteiger partial charge in [0.15, 0.2) is 0 Å². The normalized spacial score (nSPS) is 33.1. The van der Waals surface area contributed by atoms with Gasteiger partial charge in [0, 0.05) is 18.6 Å². The molecule has 2 nitrogen and oxygen atoms in total. The third kappa shape index (κ3) is 2.82. The molecule has 0 aromatic rings. The molecule has 0 aromatic heterocycles. The van der Waals surface area contributed by atoms with Crippen molar-refractivity contribution < 1.29 is 0 Å². The van der Waals surface area contributed by atoms with E-state index < -0.39 is 0 Å². The van der Waals surface area contributed by atoms with E-state index in [9.17, 15) is 0 Å². The van der Waals surface area contributed by atoms with Crippen molar-refractivity contribution in [3.63, 3.8) is 0 Å². The van der Waals surface area contributed by atoms with Crippen molar-refractivity contribution in [3.8, 4) is 0 Å². The number of piperidine rings is 1. The molecule has 2 atom stereocenters. The Morgan fingerprint density at radius 1 is 1.27 bits per heavy atom. The average molecular weight is 208 g/mol. The molecule has 0 amide bonds. The Balaban J connectivity index is 1.89. The Labute approximate surface area is 93.7 Å². The Bertz CT molecular complexity index is 197. The minimum Gasteiger partial charge on any atom is -0.312 e. The van der Waals surface area contributed by atoms with Gasteiger partial charge in [0.2, 0.25) is 0 Å². The van der Waals surface area contributed by atoms with Gasteiger partial charge in [-0.3, -0.25) is 4.90 Å². The first-order valence-electron chi connectivity index (χ1n) is 6.50. The first-order chi connectivity index (χ1) is 7.42. The zero-order chi connectivity index (χ0) is 10.5. The number of nitrogens with one attached hydrogen (secondary N) is 1. The second-order valence-electron chi connectivity index (χ2n) is 4.88. The molecule has 1 N–H and O–H groups in total. The van der Waals surface area contributed by atoms with Crippen molar-refractivity contribution in [1.29, 1.82) is 0 Å². The Hall–Kier alpha value is -0.340. The summed E-state index contributed by atoms with van der Waals surface area (Å²) in [4.78, 5) is 2.69. The van der Waals surface area contributed by atoms with Gasteiger partial charge in [-0.15, -0.1) is 6.58 Å². The second kappa shape index (κ2) is 5.66. The number of likely N-dealkylation sites (tertiary alicyclic amines) is 1. The van der Waals surface area contributed by atoms with Crippen molar-refractivity contribution in [2.75, 3.05) is 19.6 Å². The molecule has 86 valence electrons. The van der Waals surface area contributed by atoms with E-state index in [0.717, 1.165) is 18.5 Å². The van der Waals surface area contributed by atoms with Gasteiger partial charge in [0.1, 0.15) is 0 Å². The summed E-state index contributed by atoms with van der Waals surface area (Å²) in [6, 6.07) is 1.58. The summed E-state index contributed by atoms with van der Waals surface area (Å²) in [5.74, 6) is 0. The van der Waals surface area contributed by atoms with Gasteiger partial charge in [0.25, 0.3) is 0 Å². The summed E-state index contributed by atoms with van der Waals surface area (Å²) in [6.07, 6.45) is 10.2. The van der Waals surface area contributed by atoms with Crippen molar-refractivity contribution in [2.24, 2.45) is 0 Å². The monoisotopic (exact) mass is 208 g/mol. The molecule has 2 aliphatic rings. The highest BCUT2D eigenvalue weighted by atomic mass is 15.2. The fraction of sp³-hybridized carbons (Fsp3) is 0.846. The van der Waals surface area contributed by atoms with Crippen LogP contribution in [0, 0.1) is 0 Å². The Kier molecular flexibility index (Phi) is 4.21. The summed E-state index contributed by atoms with van der Waals surface area (Å²) in [7, 11) is 0. The highest BCUT2D eigenvalue weighted by Crippen LogP contribution is 2.24. The van der Waals surface area contributed by atoms with Gasteiger partial charge in [-0.1, -0.05) is 12.5 Å². The fourth-order valence-electron chi connectivity index (χ4n) is 3.05. The molecular weight excluding hydrogens is 184 g/mol. The molecule has 0 aliphatic carbocycles. The lowest BCUT2D eigenvalue weighted by Crippen LogP contribution is -2.50. The molecule has 0 bridgehead atoms. The van der Waals surface area contributed by atoms with Gasteiger partial charge in [0.05, 0.1) is 0 Å². The molecule has 2 rings (SSSR count). The lowest BCUT2D eigenvalue weighted by Gasteiger charge is -2.39. The largest absolute Gasteiger partial charge is 0.312 e. The highest BCUT2D eigenvalue weighted by molar-refractivity contribution is 4.91. The summed E-state index contributed by atoms with van der Waals surface area (Å²) >= 11 is 0. The molecule has 2 saturated heterocycles. The molecule has 2 heteroatoms. The van der Waals surface area contributed by atoms with E-state index in [2.05, 4.69) is 16.8 Å². The van der Waals surface area contributed by atoms with Gasteiger partial charge >= 0.3 is 0 Å². The third-order valence-electron chi connectivity index (χ3n) is 3.85. The van der Waals surface area contributed by atoms with E-state index in [1.165, 1.54) is 51.7 Å². The quantitative estimate of drug-likeness (QED) is 0.712. The van der Waals surface area contributed by atoms with E-state index in [1.807, 2.05) is 6.08 Å². The Morgan fingerprint density at radius 3 is 2.93 bits per heavy atom. The minimum atomic E-state index is 0.773. The number of hydrogen-bond donors (Lipinski definition) is 1. The highest BCUT2D eigenvalue weighted by Gasteiger charge is 2.30. The maximum Gasteiger partial charge on any atom is 0.0249 e. The third-order valence-corrected chi connectivity index (χ3v) is 3.85. The molecule has 2 aliphatic heterocycles. The number of rotatable bonds is 4. The number of nitrogens with zero attached hydrogens (tertiary/aromatic N) is 1. The standard InChI is InChI=1S/C13H24N2/c1-2-3-10-15-11-5-4-8-13(15)12-7-6-9-14-12/h2,12-14H,1,3-11H2. The molecule has 2 fully saturated rings. The van der Waals surface area contributed by atoms with Crippen LogP contribution in [0.2, 0.25) is 0 Å². The first kappa shape index (κ1) is 11.2. The van der Waals surface area contributed by atoms with Crippen LogP contribution in [0.15, 0.2) is 12.7 Å². The molecule has 0 spiro atoms. The van der Waals surface area contributed by atoms with Gasteiger partial charge in [-0.25, -0.2) is 0 Å². The molecule has 15 heavy (non-hydrogen) atoms. The van der Waals surface area contributed by atoms with Crippen molar-refractivity contribution >= 4 is 0 Å². The van der Waals surface area contributed by atoms with Gasteiger partial charge < -0.3 is 5.32 Å². The van der Waals surface area contributed by atoms with Crippen LogP contribution >= 0.6 is 0 Å². The maximum atomic E-state index is 3.83. The molecule has 2 heterocycles. The SMILES string of the molecule is C=CCCN1CCCCC1C1CCCN1. The van der Waals surface area contributed by atoms with Gasteiger partial charge in [-0.05, 0) is 45.2 Å². The van der Waals surface area contributed by atoms with E-state index >= 15 is 0 Å². The number of hydrogen-bond acceptors (Lipinski definition) is 2. The topological polar surface area (TPSA) is 15.3 Å². The summed E-state index contributed by atoms with van der Waals surface area (Å²) in [5, 5.41) is 3.67. The minimum absolute atomic E-state index is 0.773. The van der Waals surface area contributed by atoms with E-state index in [-0.39, 0.29) is 0 Å². The molecular formula is C13H24N2. The molecule has 2 unspecified atom stereocenters. The predicted molar refractivity (Wildman–Crippen MR) is 65.1 cm³/mol. The summed E-state index contributed by atoms with van der Waals surface area (Å²) in [6.45, 7) is 7.57. The van der Waals surface area contributed by atoms with Crippen LogP contribution in [-0.2, 0) is 0 Å². The van der Waals surface area contributed by atoms with Gasteiger partial charge in [-0.2, -0.15) is 0 Å². The lowest BCUT2D eigenvalue weighted by atomic mass is 9.94. The van der Waals surface area contributed by atoms with E-state index in [4.69, 9.17) is 0 Å². The summed E-state index contributed by atoms with van der Waals surface area (Å²) < 4.78 is 0. The zero-order valence-electron chi connectivity index (χ0n) is 9.75. The fourth-order valence-corrected chi connectivity index (χ4v) is 3.05. The Morgan fingerprint density at radius 2 is 2.20 bits per heavy atom. The van der Waals surface area contributed by atoms with Crippen LogP contribution in [0.3, 0.4) is 0 Å². The van der Waals surface area contributed by atoms with Crippen LogP contribution in [0.5, 0.6) is 0 Å². The first-order valence-corrected chi connectivity index (χ1v) is 6.50. The maximum absolute atomic E-state index is 3.83.